The molecule has 1 aromatic carbocycles. The second-order valence-electron chi connectivity index (χ2n) is 4.56. The zero-order chi connectivity index (χ0) is 13.9. The van der Waals surface area contributed by atoms with E-state index in [0.717, 1.165) is 5.56 Å². The van der Waals surface area contributed by atoms with Crippen LogP contribution in [0.4, 0.5) is 0 Å². The monoisotopic (exact) mass is 332 g/mol. The third kappa shape index (κ3) is 2.67. The van der Waals surface area contributed by atoms with E-state index in [4.69, 9.17) is 4.74 Å². The Kier molecular flexibility index (Phi) is 3.69. The van der Waals surface area contributed by atoms with E-state index in [9.17, 15) is 4.79 Å². The molecule has 1 aromatic heterocycles. The van der Waals surface area contributed by atoms with Crippen LogP contribution >= 0.6 is 15.9 Å². The average Bonchev–Trinajstić information content (AvgIpc) is 2.61. The Morgan fingerprint density at radius 2 is 2.10 bits per heavy atom. The topological polar surface area (TPSA) is 42.4 Å². The summed E-state index contributed by atoms with van der Waals surface area (Å²) in [6, 6.07) is 11.7. The van der Waals surface area contributed by atoms with Crippen LogP contribution in [0.5, 0.6) is 5.75 Å². The first-order valence-corrected chi connectivity index (χ1v) is 7.15. The highest BCUT2D eigenvalue weighted by Gasteiger charge is 2.24. The summed E-state index contributed by atoms with van der Waals surface area (Å²) in [5, 5.41) is 0. The minimum absolute atomic E-state index is 0.0237. The second-order valence-corrected chi connectivity index (χ2v) is 5.38. The van der Waals surface area contributed by atoms with Crippen molar-refractivity contribution in [2.75, 3.05) is 13.2 Å². The number of nitrogens with zero attached hydrogens (tertiary/aromatic N) is 2. The minimum atomic E-state index is -0.0237. The van der Waals surface area contributed by atoms with Crippen LogP contribution < -0.4 is 4.74 Å². The molecule has 2 aromatic rings. The minimum Gasteiger partial charge on any atom is -0.489 e. The number of hydrogen-bond acceptors (Lipinski definition) is 3. The fourth-order valence-corrected chi connectivity index (χ4v) is 2.52. The van der Waals surface area contributed by atoms with Crippen LogP contribution in [0.3, 0.4) is 0 Å². The van der Waals surface area contributed by atoms with Gasteiger partial charge in [-0.1, -0.05) is 30.3 Å². The first-order valence-electron chi connectivity index (χ1n) is 6.35. The van der Waals surface area contributed by atoms with Crippen molar-refractivity contribution >= 4 is 21.8 Å². The Balaban J connectivity index is 1.89. The van der Waals surface area contributed by atoms with Crippen LogP contribution in [0.15, 0.2) is 47.2 Å². The number of pyridine rings is 1. The van der Waals surface area contributed by atoms with E-state index < -0.39 is 0 Å². The van der Waals surface area contributed by atoms with Gasteiger partial charge in [-0.3, -0.25) is 4.79 Å². The number of fused-ring (bicyclic) bond motifs is 1. The summed E-state index contributed by atoms with van der Waals surface area (Å²) in [5.74, 6) is 0.526. The highest BCUT2D eigenvalue weighted by Crippen LogP contribution is 2.25. The van der Waals surface area contributed by atoms with Crippen LogP contribution in [0.2, 0.25) is 0 Å². The Labute approximate surface area is 125 Å². The number of halogens is 1. The number of carbonyl (C=O) groups excluding carboxylic acids is 1. The SMILES string of the molecule is O=C1c2cc(Br)ncc2OCCN1Cc1ccccc1. The van der Waals surface area contributed by atoms with Gasteiger partial charge in [-0.2, -0.15) is 0 Å². The predicted molar refractivity (Wildman–Crippen MR) is 78.6 cm³/mol. The van der Waals surface area contributed by atoms with E-state index in [0.29, 0.717) is 35.6 Å². The lowest BCUT2D eigenvalue weighted by Crippen LogP contribution is -2.31. The third-order valence-electron chi connectivity index (χ3n) is 3.19. The van der Waals surface area contributed by atoms with Crippen molar-refractivity contribution in [2.24, 2.45) is 0 Å². The van der Waals surface area contributed by atoms with Gasteiger partial charge in [0.1, 0.15) is 11.2 Å². The van der Waals surface area contributed by atoms with Crippen molar-refractivity contribution < 1.29 is 9.53 Å². The molecule has 0 fully saturated rings. The Bertz CT molecular complexity index is 631. The highest BCUT2D eigenvalue weighted by molar-refractivity contribution is 9.10. The molecule has 3 rings (SSSR count). The van der Waals surface area contributed by atoms with Crippen LogP contribution in [-0.4, -0.2) is 28.9 Å². The summed E-state index contributed by atoms with van der Waals surface area (Å²) in [6.45, 7) is 1.64. The maximum atomic E-state index is 12.6. The van der Waals surface area contributed by atoms with Crippen molar-refractivity contribution in [1.82, 2.24) is 9.88 Å². The van der Waals surface area contributed by atoms with Gasteiger partial charge in [0.05, 0.1) is 18.3 Å². The van der Waals surface area contributed by atoms with Gasteiger partial charge < -0.3 is 9.64 Å². The normalized spacial score (nSPS) is 14.4. The van der Waals surface area contributed by atoms with Gasteiger partial charge in [0.15, 0.2) is 5.75 Å². The largest absolute Gasteiger partial charge is 0.489 e. The molecular formula is C15H13BrN2O2. The number of ether oxygens (including phenoxy) is 1. The summed E-state index contributed by atoms with van der Waals surface area (Å²) < 4.78 is 6.23. The van der Waals surface area contributed by atoms with Crippen LogP contribution in [0.25, 0.3) is 0 Å². The van der Waals surface area contributed by atoms with Crippen molar-refractivity contribution in [3.8, 4) is 5.75 Å². The molecule has 0 N–H and O–H groups in total. The molecule has 2 heterocycles. The Morgan fingerprint density at radius 3 is 2.90 bits per heavy atom. The van der Waals surface area contributed by atoms with Gasteiger partial charge in [0, 0.05) is 6.54 Å². The average molecular weight is 333 g/mol. The number of benzene rings is 1. The highest BCUT2D eigenvalue weighted by atomic mass is 79.9. The molecule has 0 unspecified atom stereocenters. The second kappa shape index (κ2) is 5.63. The van der Waals surface area contributed by atoms with E-state index in [1.807, 2.05) is 30.3 Å². The molecule has 0 aliphatic carbocycles. The Hall–Kier alpha value is -1.88. The van der Waals surface area contributed by atoms with Crippen molar-refractivity contribution in [3.05, 3.63) is 58.3 Å². The van der Waals surface area contributed by atoms with Crippen LogP contribution in [0, 0.1) is 0 Å². The quantitative estimate of drug-likeness (QED) is 0.794. The van der Waals surface area contributed by atoms with Gasteiger partial charge in [-0.05, 0) is 27.6 Å². The molecular weight excluding hydrogens is 320 g/mol. The standard InChI is InChI=1S/C15H13BrN2O2/c16-14-8-12-13(9-17-14)20-7-6-18(15(12)19)10-11-4-2-1-3-5-11/h1-5,8-9H,6-7,10H2. The molecule has 1 amide bonds. The van der Waals surface area contributed by atoms with E-state index in [1.165, 1.54) is 0 Å². The first-order chi connectivity index (χ1) is 9.74. The molecule has 1 aliphatic heterocycles. The maximum Gasteiger partial charge on any atom is 0.258 e. The fourth-order valence-electron chi connectivity index (χ4n) is 2.19. The molecule has 0 radical (unpaired) electrons. The third-order valence-corrected chi connectivity index (χ3v) is 3.62. The van der Waals surface area contributed by atoms with E-state index in [2.05, 4.69) is 20.9 Å². The first kappa shape index (κ1) is 13.1. The van der Waals surface area contributed by atoms with Gasteiger partial charge in [-0.25, -0.2) is 4.98 Å². The van der Waals surface area contributed by atoms with Gasteiger partial charge in [-0.15, -0.1) is 0 Å². The summed E-state index contributed by atoms with van der Waals surface area (Å²) in [7, 11) is 0. The summed E-state index contributed by atoms with van der Waals surface area (Å²) in [6.07, 6.45) is 1.59. The lowest BCUT2D eigenvalue weighted by molar-refractivity contribution is 0.0743. The molecule has 0 saturated heterocycles. The van der Waals surface area contributed by atoms with Crippen molar-refractivity contribution in [2.45, 2.75) is 6.54 Å². The smallest absolute Gasteiger partial charge is 0.258 e. The zero-order valence-electron chi connectivity index (χ0n) is 10.8. The Morgan fingerprint density at radius 1 is 1.30 bits per heavy atom. The summed E-state index contributed by atoms with van der Waals surface area (Å²) in [4.78, 5) is 18.5. The number of amides is 1. The molecule has 4 nitrogen and oxygen atoms in total. The lowest BCUT2D eigenvalue weighted by Gasteiger charge is -2.19. The lowest BCUT2D eigenvalue weighted by atomic mass is 10.2. The van der Waals surface area contributed by atoms with E-state index in [1.54, 1.807) is 17.2 Å². The van der Waals surface area contributed by atoms with E-state index >= 15 is 0 Å². The molecule has 0 atom stereocenters. The maximum absolute atomic E-state index is 12.6. The number of rotatable bonds is 2. The predicted octanol–water partition coefficient (Wildman–Crippen LogP) is 2.88. The molecule has 0 bridgehead atoms. The van der Waals surface area contributed by atoms with Crippen molar-refractivity contribution in [3.63, 3.8) is 0 Å². The number of aromatic nitrogens is 1. The molecule has 1 aliphatic rings. The molecule has 102 valence electrons. The molecule has 0 saturated carbocycles. The fraction of sp³-hybridized carbons (Fsp3) is 0.200. The zero-order valence-corrected chi connectivity index (χ0v) is 12.3. The van der Waals surface area contributed by atoms with Gasteiger partial charge >= 0.3 is 0 Å². The molecule has 20 heavy (non-hydrogen) atoms. The van der Waals surface area contributed by atoms with Gasteiger partial charge in [0.2, 0.25) is 0 Å². The number of hydrogen-bond donors (Lipinski definition) is 0. The number of carbonyl (C=O) groups is 1. The summed E-state index contributed by atoms with van der Waals surface area (Å²) in [5.41, 5.74) is 1.66. The van der Waals surface area contributed by atoms with Crippen molar-refractivity contribution in [1.29, 1.82) is 0 Å². The van der Waals surface area contributed by atoms with Crippen LogP contribution in [0.1, 0.15) is 15.9 Å². The van der Waals surface area contributed by atoms with E-state index in [-0.39, 0.29) is 5.91 Å². The van der Waals surface area contributed by atoms with Crippen LogP contribution in [-0.2, 0) is 6.54 Å². The summed E-state index contributed by atoms with van der Waals surface area (Å²) >= 11 is 3.29. The van der Waals surface area contributed by atoms with Gasteiger partial charge in [0.25, 0.3) is 5.91 Å². The molecule has 5 heteroatoms. The molecule has 0 spiro atoms.